The highest BCUT2D eigenvalue weighted by molar-refractivity contribution is 7.80. The van der Waals surface area contributed by atoms with E-state index in [1.807, 2.05) is 22.1 Å². The molecule has 0 spiro atoms. The van der Waals surface area contributed by atoms with Crippen LogP contribution in [0, 0.1) is 17.0 Å². The normalized spacial score (nSPS) is 14.1. The Kier molecular flexibility index (Phi) is 5.97. The van der Waals surface area contributed by atoms with E-state index in [2.05, 4.69) is 10.3 Å². The quantitative estimate of drug-likeness (QED) is 0.474. The number of nitro groups is 1. The Hall–Kier alpha value is -2.59. The minimum Gasteiger partial charge on any atom is -0.345 e. The SMILES string of the molecule is Cc1csc(CC(=O)N2CCN(C(=S)Nc3ccc([N+](=O)[O-])cc3)CC2)n1. The molecule has 1 aromatic heterocycles. The number of non-ortho nitro benzene ring substituents is 1. The van der Waals surface area contributed by atoms with Crippen molar-refractivity contribution in [2.45, 2.75) is 13.3 Å². The molecular weight excluding hydrogens is 386 g/mol. The van der Waals surface area contributed by atoms with Crippen molar-refractivity contribution in [3.8, 4) is 0 Å². The van der Waals surface area contributed by atoms with Gasteiger partial charge in [0.25, 0.3) is 5.69 Å². The molecule has 0 saturated carbocycles. The molecule has 0 unspecified atom stereocenters. The topological polar surface area (TPSA) is 91.6 Å². The summed E-state index contributed by atoms with van der Waals surface area (Å²) in [5.41, 5.74) is 1.67. The Balaban J connectivity index is 1.48. The highest BCUT2D eigenvalue weighted by atomic mass is 32.1. The Morgan fingerprint density at radius 1 is 1.26 bits per heavy atom. The van der Waals surface area contributed by atoms with Gasteiger partial charge in [0.1, 0.15) is 5.01 Å². The molecule has 10 heteroatoms. The molecule has 3 rings (SSSR count). The second-order valence-electron chi connectivity index (χ2n) is 6.16. The Morgan fingerprint density at radius 2 is 1.89 bits per heavy atom. The molecule has 1 fully saturated rings. The van der Waals surface area contributed by atoms with Crippen molar-refractivity contribution in [2.24, 2.45) is 0 Å². The number of hydrogen-bond donors (Lipinski definition) is 1. The zero-order chi connectivity index (χ0) is 19.4. The highest BCUT2D eigenvalue weighted by Crippen LogP contribution is 2.17. The van der Waals surface area contributed by atoms with Crippen molar-refractivity contribution in [1.29, 1.82) is 0 Å². The monoisotopic (exact) mass is 405 g/mol. The average Bonchev–Trinajstić information content (AvgIpc) is 3.07. The van der Waals surface area contributed by atoms with E-state index >= 15 is 0 Å². The van der Waals surface area contributed by atoms with Crippen molar-refractivity contribution in [2.75, 3.05) is 31.5 Å². The molecule has 8 nitrogen and oxygen atoms in total. The number of thiocarbonyl (C=S) groups is 1. The van der Waals surface area contributed by atoms with E-state index in [1.165, 1.54) is 23.5 Å². The molecule has 1 N–H and O–H groups in total. The molecule has 1 aliphatic heterocycles. The Morgan fingerprint density at radius 3 is 2.44 bits per heavy atom. The van der Waals surface area contributed by atoms with Gasteiger partial charge in [0.15, 0.2) is 5.11 Å². The van der Waals surface area contributed by atoms with Gasteiger partial charge in [0, 0.05) is 55.1 Å². The van der Waals surface area contributed by atoms with Gasteiger partial charge in [0.2, 0.25) is 5.91 Å². The molecule has 0 aliphatic carbocycles. The van der Waals surface area contributed by atoms with E-state index in [0.717, 1.165) is 10.7 Å². The van der Waals surface area contributed by atoms with E-state index < -0.39 is 4.92 Å². The summed E-state index contributed by atoms with van der Waals surface area (Å²) in [5.74, 6) is 0.0817. The van der Waals surface area contributed by atoms with Gasteiger partial charge in [0.05, 0.1) is 11.3 Å². The van der Waals surface area contributed by atoms with Crippen molar-refractivity contribution < 1.29 is 9.72 Å². The lowest BCUT2D eigenvalue weighted by Crippen LogP contribution is -2.51. The number of carbonyl (C=O) groups is 1. The third-order valence-electron chi connectivity index (χ3n) is 4.22. The lowest BCUT2D eigenvalue weighted by atomic mass is 10.2. The zero-order valence-electron chi connectivity index (χ0n) is 14.8. The predicted octanol–water partition coefficient (Wildman–Crippen LogP) is 2.44. The van der Waals surface area contributed by atoms with E-state index in [0.29, 0.717) is 43.4 Å². The smallest absolute Gasteiger partial charge is 0.269 e. The van der Waals surface area contributed by atoms with Crippen LogP contribution in [-0.2, 0) is 11.2 Å². The maximum Gasteiger partial charge on any atom is 0.269 e. The molecule has 1 saturated heterocycles. The van der Waals surface area contributed by atoms with Crippen LogP contribution in [0.2, 0.25) is 0 Å². The van der Waals surface area contributed by atoms with Gasteiger partial charge in [-0.25, -0.2) is 4.98 Å². The van der Waals surface area contributed by atoms with Crippen LogP contribution < -0.4 is 5.32 Å². The summed E-state index contributed by atoms with van der Waals surface area (Å²) in [6, 6.07) is 6.12. The number of amides is 1. The second-order valence-corrected chi connectivity index (χ2v) is 7.49. The molecule has 142 valence electrons. The molecule has 2 aromatic rings. The third kappa shape index (κ3) is 4.98. The number of benzene rings is 1. The molecule has 2 heterocycles. The van der Waals surface area contributed by atoms with Crippen molar-refractivity contribution >= 4 is 45.9 Å². The number of anilines is 1. The molecule has 0 radical (unpaired) electrons. The standard InChI is InChI=1S/C17H19N5O3S2/c1-12-11-27-15(18-12)10-16(23)20-6-8-21(9-7-20)17(26)19-13-2-4-14(5-3-13)22(24)25/h2-5,11H,6-10H2,1H3,(H,19,26). The van der Waals surface area contributed by atoms with Gasteiger partial charge < -0.3 is 15.1 Å². The predicted molar refractivity (Wildman–Crippen MR) is 108 cm³/mol. The van der Waals surface area contributed by atoms with Crippen molar-refractivity contribution in [3.05, 3.63) is 50.5 Å². The first-order chi connectivity index (χ1) is 12.9. The number of nitro benzene ring substituents is 1. The van der Waals surface area contributed by atoms with Crippen LogP contribution in [0.25, 0.3) is 0 Å². The fourth-order valence-corrected chi connectivity index (χ4v) is 3.82. The number of nitrogens with one attached hydrogen (secondary N) is 1. The number of thiazole rings is 1. The summed E-state index contributed by atoms with van der Waals surface area (Å²) in [7, 11) is 0. The molecule has 1 aromatic carbocycles. The van der Waals surface area contributed by atoms with E-state index in [4.69, 9.17) is 12.2 Å². The molecule has 0 bridgehead atoms. The van der Waals surface area contributed by atoms with Crippen molar-refractivity contribution in [1.82, 2.24) is 14.8 Å². The molecule has 1 aliphatic rings. The van der Waals surface area contributed by atoms with Gasteiger partial charge in [-0.3, -0.25) is 14.9 Å². The van der Waals surface area contributed by atoms with Crippen LogP contribution in [0.4, 0.5) is 11.4 Å². The van der Waals surface area contributed by atoms with Crippen LogP contribution >= 0.6 is 23.6 Å². The van der Waals surface area contributed by atoms with Crippen LogP contribution in [-0.4, -0.2) is 56.9 Å². The molecule has 27 heavy (non-hydrogen) atoms. The van der Waals surface area contributed by atoms with Gasteiger partial charge in [-0.2, -0.15) is 0 Å². The molecule has 0 atom stereocenters. The maximum atomic E-state index is 12.4. The summed E-state index contributed by atoms with van der Waals surface area (Å²) in [6.07, 6.45) is 0.337. The highest BCUT2D eigenvalue weighted by Gasteiger charge is 2.23. The third-order valence-corrected chi connectivity index (χ3v) is 5.54. The lowest BCUT2D eigenvalue weighted by molar-refractivity contribution is -0.384. The first-order valence-electron chi connectivity index (χ1n) is 8.41. The minimum atomic E-state index is -0.439. The molecule has 1 amide bonds. The fraction of sp³-hybridized carbons (Fsp3) is 0.353. The lowest BCUT2D eigenvalue weighted by Gasteiger charge is -2.36. The number of nitrogens with zero attached hydrogens (tertiary/aromatic N) is 4. The van der Waals surface area contributed by atoms with Crippen molar-refractivity contribution in [3.63, 3.8) is 0 Å². The average molecular weight is 406 g/mol. The number of aryl methyl sites for hydroxylation is 1. The summed E-state index contributed by atoms with van der Waals surface area (Å²) >= 11 is 6.93. The van der Waals surface area contributed by atoms with E-state index in [9.17, 15) is 14.9 Å². The summed E-state index contributed by atoms with van der Waals surface area (Å²) in [6.45, 7) is 4.40. The van der Waals surface area contributed by atoms with Gasteiger partial charge in [-0.1, -0.05) is 0 Å². The van der Waals surface area contributed by atoms with Gasteiger partial charge in [-0.05, 0) is 31.3 Å². The first kappa shape index (κ1) is 19.2. The van der Waals surface area contributed by atoms with Crippen LogP contribution in [0.5, 0.6) is 0 Å². The number of piperazine rings is 1. The van der Waals surface area contributed by atoms with Gasteiger partial charge in [-0.15, -0.1) is 11.3 Å². The van der Waals surface area contributed by atoms with E-state index in [-0.39, 0.29) is 11.6 Å². The Labute approximate surface area is 166 Å². The summed E-state index contributed by atoms with van der Waals surface area (Å²) in [5, 5.41) is 17.1. The summed E-state index contributed by atoms with van der Waals surface area (Å²) < 4.78 is 0. The second kappa shape index (κ2) is 8.40. The largest absolute Gasteiger partial charge is 0.345 e. The van der Waals surface area contributed by atoms with Gasteiger partial charge >= 0.3 is 0 Å². The van der Waals surface area contributed by atoms with Crippen LogP contribution in [0.15, 0.2) is 29.6 Å². The molecular formula is C17H19N5O3S2. The zero-order valence-corrected chi connectivity index (χ0v) is 16.4. The van der Waals surface area contributed by atoms with E-state index in [1.54, 1.807) is 12.1 Å². The number of rotatable bonds is 4. The first-order valence-corrected chi connectivity index (χ1v) is 9.70. The summed E-state index contributed by atoms with van der Waals surface area (Å²) in [4.78, 5) is 30.8. The number of hydrogen-bond acceptors (Lipinski definition) is 6. The fourth-order valence-electron chi connectivity index (χ4n) is 2.75. The number of aromatic nitrogens is 1. The number of carbonyl (C=O) groups excluding carboxylic acids is 1. The van der Waals surface area contributed by atoms with Crippen LogP contribution in [0.1, 0.15) is 10.7 Å². The van der Waals surface area contributed by atoms with Crippen LogP contribution in [0.3, 0.4) is 0 Å². The Bertz CT molecular complexity index is 845. The maximum absolute atomic E-state index is 12.4. The minimum absolute atomic E-state index is 0.0361.